The molecule has 0 spiro atoms. The van der Waals surface area contributed by atoms with Gasteiger partial charge in [-0.05, 0) is 46.5 Å². The molecular weight excluding hydrogens is 563 g/mol. The van der Waals surface area contributed by atoms with Gasteiger partial charge in [-0.2, -0.15) is 5.26 Å². The van der Waals surface area contributed by atoms with Crippen LogP contribution in [0.2, 0.25) is 0 Å². The molecule has 3 aromatic carbocycles. The number of rotatable bonds is 13. The number of amides is 1. The van der Waals surface area contributed by atoms with Gasteiger partial charge in [-0.25, -0.2) is 4.39 Å². The van der Waals surface area contributed by atoms with Crippen molar-refractivity contribution in [3.05, 3.63) is 101 Å². The van der Waals surface area contributed by atoms with Crippen LogP contribution >= 0.6 is 0 Å². The van der Waals surface area contributed by atoms with Gasteiger partial charge in [0.1, 0.15) is 50.7 Å². The lowest BCUT2D eigenvalue weighted by molar-refractivity contribution is -0.118. The van der Waals surface area contributed by atoms with Crippen molar-refractivity contribution in [2.24, 2.45) is 0 Å². The van der Waals surface area contributed by atoms with E-state index in [2.05, 4.69) is 21.7 Å². The van der Waals surface area contributed by atoms with Crippen molar-refractivity contribution in [3.63, 3.8) is 0 Å². The highest BCUT2D eigenvalue weighted by Gasteiger charge is 2.16. The third-order valence-electron chi connectivity index (χ3n) is 7.00. The molecule has 0 aliphatic carbocycles. The first kappa shape index (κ1) is 30.3. The van der Waals surface area contributed by atoms with Crippen LogP contribution in [0.3, 0.4) is 0 Å². The first-order valence-electron chi connectivity index (χ1n) is 14.3. The summed E-state index contributed by atoms with van der Waals surface area (Å²) in [6, 6.07) is 20.6. The predicted molar refractivity (Wildman–Crippen MR) is 162 cm³/mol. The summed E-state index contributed by atoms with van der Waals surface area (Å²) in [5.74, 6) is 2.39. The number of alkyl halides is 1. The molecule has 5 rings (SSSR count). The Hall–Kier alpha value is -5.14. The van der Waals surface area contributed by atoms with Gasteiger partial charge in [-0.1, -0.05) is 30.3 Å². The molecule has 9 nitrogen and oxygen atoms in total. The van der Waals surface area contributed by atoms with Gasteiger partial charge in [-0.15, -0.1) is 0 Å². The molecule has 44 heavy (non-hydrogen) atoms. The molecule has 2 N–H and O–H groups in total. The normalized spacial score (nSPS) is 11.8. The minimum absolute atomic E-state index is 0.0849. The van der Waals surface area contributed by atoms with E-state index >= 15 is 0 Å². The van der Waals surface area contributed by atoms with E-state index in [-0.39, 0.29) is 19.1 Å². The fourth-order valence-corrected chi connectivity index (χ4v) is 4.81. The van der Waals surface area contributed by atoms with Crippen molar-refractivity contribution in [2.75, 3.05) is 26.3 Å². The van der Waals surface area contributed by atoms with Crippen molar-refractivity contribution in [2.45, 2.75) is 33.4 Å². The van der Waals surface area contributed by atoms with Gasteiger partial charge in [0.25, 0.3) is 0 Å². The van der Waals surface area contributed by atoms with Crippen molar-refractivity contribution in [1.82, 2.24) is 15.6 Å². The Morgan fingerprint density at radius 2 is 1.84 bits per heavy atom. The average molecular weight is 597 g/mol. The fourth-order valence-electron chi connectivity index (χ4n) is 4.81. The number of carbonyl (C=O) groups excluding carboxylic acids is 1. The lowest BCUT2D eigenvalue weighted by Gasteiger charge is -2.20. The number of fused-ring (bicyclic) bond motifs is 1. The maximum Gasteiger partial charge on any atom is 0.216 e. The molecule has 4 aromatic rings. The molecule has 1 aromatic heterocycles. The van der Waals surface area contributed by atoms with E-state index < -0.39 is 6.67 Å². The van der Waals surface area contributed by atoms with E-state index in [1.807, 2.05) is 48.5 Å². The second kappa shape index (κ2) is 14.8. The fraction of sp³-hybridized carbons (Fsp3) is 0.265. The quantitative estimate of drug-likeness (QED) is 0.201. The van der Waals surface area contributed by atoms with Gasteiger partial charge in [0.05, 0.1) is 5.56 Å². The summed E-state index contributed by atoms with van der Waals surface area (Å²) >= 11 is 0. The van der Waals surface area contributed by atoms with Crippen molar-refractivity contribution < 1.29 is 28.1 Å². The number of pyridine rings is 1. The number of nitrogens with zero attached hydrogens (tertiary/aromatic N) is 2. The molecule has 0 fully saturated rings. The number of hydrogen-bond acceptors (Lipinski definition) is 8. The van der Waals surface area contributed by atoms with E-state index in [9.17, 15) is 14.4 Å². The van der Waals surface area contributed by atoms with Crippen molar-refractivity contribution >= 4 is 5.91 Å². The molecule has 226 valence electrons. The van der Waals surface area contributed by atoms with Crippen LogP contribution in [0.15, 0.2) is 73.1 Å². The molecule has 1 aliphatic heterocycles. The number of carbonyl (C=O) groups is 1. The summed E-state index contributed by atoms with van der Waals surface area (Å²) in [7, 11) is 0. The largest absolute Gasteiger partial charge is 0.489 e. The summed E-state index contributed by atoms with van der Waals surface area (Å²) in [5.41, 5.74) is 4.97. The van der Waals surface area contributed by atoms with Gasteiger partial charge in [0, 0.05) is 56.1 Å². The molecular formula is C34H33FN4O5. The summed E-state index contributed by atoms with van der Waals surface area (Å²) in [6.07, 6.45) is 3.15. The second-order valence-corrected chi connectivity index (χ2v) is 10.1. The number of nitrogens with one attached hydrogen (secondary N) is 2. The van der Waals surface area contributed by atoms with Crippen LogP contribution in [0.4, 0.5) is 4.39 Å². The van der Waals surface area contributed by atoms with E-state index in [1.165, 1.54) is 13.1 Å². The lowest BCUT2D eigenvalue weighted by atomic mass is 9.96. The smallest absolute Gasteiger partial charge is 0.216 e. The zero-order valence-electron chi connectivity index (χ0n) is 24.4. The van der Waals surface area contributed by atoms with E-state index in [0.29, 0.717) is 67.0 Å². The van der Waals surface area contributed by atoms with Gasteiger partial charge >= 0.3 is 0 Å². The highest BCUT2D eigenvalue weighted by molar-refractivity contribution is 5.73. The maximum absolute atomic E-state index is 14.5. The molecule has 0 saturated heterocycles. The third-order valence-corrected chi connectivity index (χ3v) is 7.00. The number of aromatic nitrogens is 1. The number of ether oxygens (including phenoxy) is 4. The molecule has 0 atom stereocenters. The number of benzene rings is 3. The van der Waals surface area contributed by atoms with Gasteiger partial charge in [0.15, 0.2) is 11.5 Å². The van der Waals surface area contributed by atoms with Gasteiger partial charge in [-0.3, -0.25) is 9.78 Å². The van der Waals surface area contributed by atoms with Crippen LogP contribution in [0, 0.1) is 11.3 Å². The average Bonchev–Trinajstić information content (AvgIpc) is 3.06. The molecule has 2 heterocycles. The van der Waals surface area contributed by atoms with E-state index in [0.717, 1.165) is 27.8 Å². The molecule has 0 radical (unpaired) electrons. The highest BCUT2D eigenvalue weighted by atomic mass is 19.1. The highest BCUT2D eigenvalue weighted by Crippen LogP contribution is 2.37. The topological polar surface area (TPSA) is 115 Å². The number of halogens is 1. The van der Waals surface area contributed by atoms with Crippen molar-refractivity contribution in [3.8, 4) is 40.2 Å². The molecule has 1 amide bonds. The van der Waals surface area contributed by atoms with Gasteiger partial charge in [0.2, 0.25) is 5.91 Å². The SMILES string of the molecule is CC(=O)NCCNCc1ccc(OCc2cccc(-c3ccc4c(c3)OCCO4)c2CF)cc1OCc1cncc(C#N)c1. The third kappa shape index (κ3) is 7.82. The summed E-state index contributed by atoms with van der Waals surface area (Å²) in [4.78, 5) is 15.3. The lowest BCUT2D eigenvalue weighted by Crippen LogP contribution is -2.30. The molecule has 10 heteroatoms. The van der Waals surface area contributed by atoms with Gasteiger partial charge < -0.3 is 29.6 Å². The Morgan fingerprint density at radius 3 is 2.66 bits per heavy atom. The van der Waals surface area contributed by atoms with E-state index in [4.69, 9.17) is 18.9 Å². The number of nitriles is 1. The van der Waals surface area contributed by atoms with Crippen LogP contribution in [0.25, 0.3) is 11.1 Å². The first-order chi connectivity index (χ1) is 21.5. The van der Waals surface area contributed by atoms with Crippen LogP contribution in [0.5, 0.6) is 23.0 Å². The summed E-state index contributed by atoms with van der Waals surface area (Å²) < 4.78 is 38.1. The van der Waals surface area contributed by atoms with Crippen LogP contribution < -0.4 is 29.6 Å². The zero-order valence-corrected chi connectivity index (χ0v) is 24.4. The summed E-state index contributed by atoms with van der Waals surface area (Å²) in [5, 5.41) is 15.3. The predicted octanol–water partition coefficient (Wildman–Crippen LogP) is 5.24. The zero-order chi connectivity index (χ0) is 30.7. The number of hydrogen-bond donors (Lipinski definition) is 2. The first-order valence-corrected chi connectivity index (χ1v) is 14.3. The molecule has 0 bridgehead atoms. The Balaban J connectivity index is 1.32. The Morgan fingerprint density at radius 1 is 0.977 bits per heavy atom. The monoisotopic (exact) mass is 596 g/mol. The second-order valence-electron chi connectivity index (χ2n) is 10.1. The molecule has 1 aliphatic rings. The Labute approximate surface area is 255 Å². The minimum atomic E-state index is -0.656. The van der Waals surface area contributed by atoms with E-state index in [1.54, 1.807) is 18.3 Å². The standard InChI is InChI=1S/C34H33FN4O5/c1-23(40)39-10-9-37-20-27-5-7-29(15-33(27)44-21-25-13-24(17-36)18-38-19-25)43-22-28-3-2-4-30(31(28)16-35)26-6-8-32-34(14-26)42-12-11-41-32/h2-8,13-15,18-19,37H,9-12,16,20-22H2,1H3,(H,39,40). The maximum atomic E-state index is 14.5. The molecule has 0 unspecified atom stereocenters. The van der Waals surface area contributed by atoms with Crippen molar-refractivity contribution in [1.29, 1.82) is 5.26 Å². The summed E-state index contributed by atoms with van der Waals surface area (Å²) in [6.45, 7) is 3.73. The Bertz CT molecular complexity index is 1660. The Kier molecular flexibility index (Phi) is 10.2. The van der Waals surface area contributed by atoms with Crippen LogP contribution in [-0.4, -0.2) is 37.2 Å². The molecule has 0 saturated carbocycles. The van der Waals surface area contributed by atoms with Crippen LogP contribution in [0.1, 0.15) is 34.7 Å². The van der Waals surface area contributed by atoms with Crippen LogP contribution in [-0.2, 0) is 31.2 Å². The minimum Gasteiger partial charge on any atom is -0.489 e.